The molecule has 0 aromatic heterocycles. The molecule has 0 heterocycles. The van der Waals surface area contributed by atoms with Crippen molar-refractivity contribution in [2.24, 2.45) is 5.73 Å². The Bertz CT molecular complexity index is 341. The molecule has 3 heteroatoms. The molecule has 1 aromatic carbocycles. The summed E-state index contributed by atoms with van der Waals surface area (Å²) in [6, 6.07) is 4.88. The van der Waals surface area contributed by atoms with E-state index >= 15 is 0 Å². The van der Waals surface area contributed by atoms with Crippen molar-refractivity contribution in [3.05, 3.63) is 35.1 Å². The van der Waals surface area contributed by atoms with Gasteiger partial charge >= 0.3 is 0 Å². The summed E-state index contributed by atoms with van der Waals surface area (Å²) in [5, 5.41) is 0. The van der Waals surface area contributed by atoms with Crippen LogP contribution in [-0.4, -0.2) is 6.61 Å². The van der Waals surface area contributed by atoms with Crippen LogP contribution in [0.25, 0.3) is 0 Å². The molecule has 0 aliphatic carbocycles. The van der Waals surface area contributed by atoms with Gasteiger partial charge in [0, 0.05) is 13.2 Å². The SMILES string of the molecule is CCCCCCCOCc1cc(F)cc(CN)c1. The average molecular weight is 253 g/mol. The number of unbranched alkanes of at least 4 members (excludes halogenated alkanes) is 4. The number of hydrogen-bond donors (Lipinski definition) is 1. The summed E-state index contributed by atoms with van der Waals surface area (Å²) >= 11 is 0. The second kappa shape index (κ2) is 9.06. The fourth-order valence-corrected chi connectivity index (χ4v) is 1.92. The summed E-state index contributed by atoms with van der Waals surface area (Å²) in [4.78, 5) is 0. The van der Waals surface area contributed by atoms with Crippen LogP contribution in [0.2, 0.25) is 0 Å². The maximum Gasteiger partial charge on any atom is 0.123 e. The zero-order chi connectivity index (χ0) is 13.2. The molecule has 0 fully saturated rings. The van der Waals surface area contributed by atoms with E-state index < -0.39 is 0 Å². The molecule has 0 aliphatic heterocycles. The highest BCUT2D eigenvalue weighted by Crippen LogP contribution is 2.10. The first-order valence-electron chi connectivity index (χ1n) is 6.82. The van der Waals surface area contributed by atoms with Crippen LogP contribution in [0.15, 0.2) is 18.2 Å². The Morgan fingerprint density at radius 2 is 1.78 bits per heavy atom. The standard InChI is InChI=1S/C15H24FNO/c1-2-3-4-5-6-7-18-12-14-8-13(11-17)9-15(16)10-14/h8-10H,2-7,11-12,17H2,1H3. The molecule has 0 unspecified atom stereocenters. The van der Waals surface area contributed by atoms with Crippen molar-refractivity contribution in [2.45, 2.75) is 52.2 Å². The monoisotopic (exact) mass is 253 g/mol. The Kier molecular flexibility index (Phi) is 7.62. The van der Waals surface area contributed by atoms with E-state index in [1.807, 2.05) is 6.07 Å². The lowest BCUT2D eigenvalue weighted by molar-refractivity contribution is 0.116. The van der Waals surface area contributed by atoms with Crippen LogP contribution in [0.5, 0.6) is 0 Å². The highest BCUT2D eigenvalue weighted by atomic mass is 19.1. The van der Waals surface area contributed by atoms with E-state index in [0.29, 0.717) is 13.2 Å². The van der Waals surface area contributed by atoms with Gasteiger partial charge < -0.3 is 10.5 Å². The number of nitrogens with two attached hydrogens (primary N) is 1. The molecule has 0 bridgehead atoms. The van der Waals surface area contributed by atoms with Crippen LogP contribution >= 0.6 is 0 Å². The average Bonchev–Trinajstić information content (AvgIpc) is 2.37. The first-order valence-corrected chi connectivity index (χ1v) is 6.82. The summed E-state index contributed by atoms with van der Waals surface area (Å²) < 4.78 is 18.8. The van der Waals surface area contributed by atoms with E-state index in [-0.39, 0.29) is 5.82 Å². The maximum atomic E-state index is 13.2. The third-order valence-electron chi connectivity index (χ3n) is 2.91. The molecule has 102 valence electrons. The molecule has 0 radical (unpaired) electrons. The van der Waals surface area contributed by atoms with Gasteiger partial charge in [-0.1, -0.05) is 38.7 Å². The van der Waals surface area contributed by atoms with Crippen LogP contribution < -0.4 is 5.73 Å². The van der Waals surface area contributed by atoms with Gasteiger partial charge in [-0.25, -0.2) is 4.39 Å². The summed E-state index contributed by atoms with van der Waals surface area (Å²) in [5.74, 6) is -0.237. The molecule has 1 rings (SSSR count). The van der Waals surface area contributed by atoms with Crippen molar-refractivity contribution >= 4 is 0 Å². The van der Waals surface area contributed by atoms with Gasteiger partial charge in [0.05, 0.1) is 6.61 Å². The molecule has 1 aromatic rings. The molecule has 0 saturated heterocycles. The molecule has 0 amide bonds. The van der Waals surface area contributed by atoms with E-state index in [9.17, 15) is 4.39 Å². The summed E-state index contributed by atoms with van der Waals surface area (Å²) in [6.45, 7) is 3.79. The molecule has 0 saturated carbocycles. The Morgan fingerprint density at radius 1 is 1.06 bits per heavy atom. The highest BCUT2D eigenvalue weighted by Gasteiger charge is 2.00. The number of ether oxygens (including phenoxy) is 1. The molecular weight excluding hydrogens is 229 g/mol. The molecule has 18 heavy (non-hydrogen) atoms. The van der Waals surface area contributed by atoms with Crippen LogP contribution in [0.4, 0.5) is 4.39 Å². The van der Waals surface area contributed by atoms with Crippen molar-refractivity contribution < 1.29 is 9.13 Å². The predicted molar refractivity (Wildman–Crippen MR) is 72.7 cm³/mol. The van der Waals surface area contributed by atoms with Crippen LogP contribution in [-0.2, 0) is 17.9 Å². The maximum absolute atomic E-state index is 13.2. The molecule has 0 aliphatic rings. The third kappa shape index (κ3) is 6.12. The number of hydrogen-bond acceptors (Lipinski definition) is 2. The zero-order valence-electron chi connectivity index (χ0n) is 11.3. The Balaban J connectivity index is 2.20. The van der Waals surface area contributed by atoms with E-state index in [4.69, 9.17) is 10.5 Å². The fraction of sp³-hybridized carbons (Fsp3) is 0.600. The summed E-state index contributed by atoms with van der Waals surface area (Å²) in [6.07, 6.45) is 6.12. The minimum absolute atomic E-state index is 0.237. The minimum atomic E-state index is -0.237. The quantitative estimate of drug-likeness (QED) is 0.680. The molecule has 2 N–H and O–H groups in total. The highest BCUT2D eigenvalue weighted by molar-refractivity contribution is 5.24. The lowest BCUT2D eigenvalue weighted by Crippen LogP contribution is -2.01. The second-order valence-electron chi connectivity index (χ2n) is 4.64. The van der Waals surface area contributed by atoms with E-state index in [1.165, 1.54) is 37.8 Å². The Labute approximate surface area is 109 Å². The van der Waals surface area contributed by atoms with Crippen molar-refractivity contribution in [1.29, 1.82) is 0 Å². The zero-order valence-corrected chi connectivity index (χ0v) is 11.3. The van der Waals surface area contributed by atoms with Crippen molar-refractivity contribution in [3.63, 3.8) is 0 Å². The van der Waals surface area contributed by atoms with E-state index in [0.717, 1.165) is 24.2 Å². The molecule has 2 nitrogen and oxygen atoms in total. The minimum Gasteiger partial charge on any atom is -0.377 e. The van der Waals surface area contributed by atoms with Crippen molar-refractivity contribution in [1.82, 2.24) is 0 Å². The lowest BCUT2D eigenvalue weighted by Gasteiger charge is -2.06. The number of benzene rings is 1. The van der Waals surface area contributed by atoms with Crippen molar-refractivity contribution in [3.8, 4) is 0 Å². The van der Waals surface area contributed by atoms with Gasteiger partial charge in [-0.15, -0.1) is 0 Å². The van der Waals surface area contributed by atoms with Gasteiger partial charge in [0.15, 0.2) is 0 Å². The number of halogens is 1. The van der Waals surface area contributed by atoms with Gasteiger partial charge in [-0.3, -0.25) is 0 Å². The molecule has 0 spiro atoms. The first kappa shape index (κ1) is 15.1. The third-order valence-corrected chi connectivity index (χ3v) is 2.91. The van der Waals surface area contributed by atoms with Crippen LogP contribution in [0.1, 0.15) is 50.2 Å². The fourth-order valence-electron chi connectivity index (χ4n) is 1.92. The second-order valence-corrected chi connectivity index (χ2v) is 4.64. The van der Waals surface area contributed by atoms with Crippen molar-refractivity contribution in [2.75, 3.05) is 6.61 Å². The largest absolute Gasteiger partial charge is 0.377 e. The van der Waals surface area contributed by atoms with Gasteiger partial charge in [0.2, 0.25) is 0 Å². The number of rotatable bonds is 9. The smallest absolute Gasteiger partial charge is 0.123 e. The van der Waals surface area contributed by atoms with Gasteiger partial charge in [0.25, 0.3) is 0 Å². The van der Waals surface area contributed by atoms with Gasteiger partial charge in [-0.2, -0.15) is 0 Å². The first-order chi connectivity index (χ1) is 8.76. The topological polar surface area (TPSA) is 35.2 Å². The summed E-state index contributed by atoms with van der Waals surface area (Å²) in [5.41, 5.74) is 7.18. The Hall–Kier alpha value is -0.930. The lowest BCUT2D eigenvalue weighted by atomic mass is 10.1. The Morgan fingerprint density at radius 3 is 2.50 bits per heavy atom. The normalized spacial score (nSPS) is 10.8. The van der Waals surface area contributed by atoms with Gasteiger partial charge in [-0.05, 0) is 29.7 Å². The van der Waals surface area contributed by atoms with Crippen LogP contribution in [0.3, 0.4) is 0 Å². The van der Waals surface area contributed by atoms with Gasteiger partial charge in [0.1, 0.15) is 5.82 Å². The molecule has 0 atom stereocenters. The van der Waals surface area contributed by atoms with E-state index in [1.54, 1.807) is 0 Å². The predicted octanol–water partition coefficient (Wildman–Crippen LogP) is 3.77. The van der Waals surface area contributed by atoms with E-state index in [2.05, 4.69) is 6.92 Å². The summed E-state index contributed by atoms with van der Waals surface area (Å²) in [7, 11) is 0. The molecular formula is C15H24FNO. The van der Waals surface area contributed by atoms with Crippen LogP contribution in [0, 0.1) is 5.82 Å².